The van der Waals surface area contributed by atoms with Gasteiger partial charge in [0.05, 0.1) is 19.1 Å². The van der Waals surface area contributed by atoms with Gasteiger partial charge in [-0.2, -0.15) is 0 Å². The predicted octanol–water partition coefficient (Wildman–Crippen LogP) is 1.62. The largest absolute Gasteiger partial charge is 0.497 e. The topological polar surface area (TPSA) is 58.6 Å². The molecule has 19 heavy (non-hydrogen) atoms. The molecule has 1 fully saturated rings. The van der Waals surface area contributed by atoms with E-state index in [-0.39, 0.29) is 12.5 Å². The molecule has 1 amide bonds. The highest BCUT2D eigenvalue weighted by atomic mass is 16.5. The molecular weight excluding hydrogens is 242 g/mol. The predicted molar refractivity (Wildman–Crippen MR) is 73.2 cm³/mol. The van der Waals surface area contributed by atoms with Crippen molar-refractivity contribution >= 4 is 5.91 Å². The third kappa shape index (κ3) is 2.73. The highest BCUT2D eigenvalue weighted by Gasteiger charge is 2.42. The van der Waals surface area contributed by atoms with Gasteiger partial charge in [0.15, 0.2) is 0 Å². The van der Waals surface area contributed by atoms with E-state index in [1.165, 1.54) is 0 Å². The molecule has 1 aromatic rings. The first kappa shape index (κ1) is 13.9. The van der Waals surface area contributed by atoms with Gasteiger partial charge in [-0.1, -0.05) is 25.0 Å². The van der Waals surface area contributed by atoms with Gasteiger partial charge in [0.1, 0.15) is 5.75 Å². The number of amides is 1. The van der Waals surface area contributed by atoms with Gasteiger partial charge in [0.2, 0.25) is 5.91 Å². The molecule has 1 aliphatic rings. The molecule has 1 saturated carbocycles. The third-order valence-corrected chi connectivity index (χ3v) is 3.93. The molecule has 0 unspecified atom stereocenters. The zero-order chi connectivity index (χ0) is 13.7. The van der Waals surface area contributed by atoms with Crippen LogP contribution in [0.4, 0.5) is 0 Å². The highest BCUT2D eigenvalue weighted by molar-refractivity contribution is 5.88. The Morgan fingerprint density at radius 3 is 2.47 bits per heavy atom. The summed E-state index contributed by atoms with van der Waals surface area (Å²) in [5.74, 6) is 0.830. The maximum absolute atomic E-state index is 12.4. The van der Waals surface area contributed by atoms with Crippen molar-refractivity contribution in [3.63, 3.8) is 0 Å². The molecule has 0 aliphatic heterocycles. The average molecular weight is 263 g/mol. The molecule has 0 radical (unpaired) electrons. The van der Waals surface area contributed by atoms with Gasteiger partial charge in [-0.05, 0) is 30.5 Å². The second-order valence-electron chi connectivity index (χ2n) is 5.00. The van der Waals surface area contributed by atoms with Crippen LogP contribution >= 0.6 is 0 Å². The van der Waals surface area contributed by atoms with Gasteiger partial charge in [-0.15, -0.1) is 0 Å². The molecule has 2 N–H and O–H groups in total. The summed E-state index contributed by atoms with van der Waals surface area (Å²) in [4.78, 5) is 12.4. The fraction of sp³-hybridized carbons (Fsp3) is 0.533. The van der Waals surface area contributed by atoms with Gasteiger partial charge in [-0.3, -0.25) is 4.79 Å². The van der Waals surface area contributed by atoms with Crippen molar-refractivity contribution < 1.29 is 14.6 Å². The molecule has 1 aromatic carbocycles. The first-order valence-electron chi connectivity index (χ1n) is 6.76. The first-order chi connectivity index (χ1) is 9.23. The monoisotopic (exact) mass is 263 g/mol. The standard InChI is InChI=1S/C15H21NO3/c1-19-13-6-4-12(5-7-13)15(8-2-3-9-15)14(18)16-10-11-17/h4-7,17H,2-3,8-11H2,1H3,(H,16,18). The smallest absolute Gasteiger partial charge is 0.230 e. The molecule has 0 heterocycles. The maximum Gasteiger partial charge on any atom is 0.230 e. The molecule has 1 aliphatic carbocycles. The minimum atomic E-state index is -0.429. The Bertz CT molecular complexity index is 422. The zero-order valence-electron chi connectivity index (χ0n) is 11.3. The van der Waals surface area contributed by atoms with Crippen LogP contribution in [-0.2, 0) is 10.2 Å². The molecular formula is C15H21NO3. The third-order valence-electron chi connectivity index (χ3n) is 3.93. The van der Waals surface area contributed by atoms with E-state index in [2.05, 4.69) is 5.32 Å². The quantitative estimate of drug-likeness (QED) is 0.848. The Morgan fingerprint density at radius 2 is 1.95 bits per heavy atom. The first-order valence-corrected chi connectivity index (χ1v) is 6.76. The van der Waals surface area contributed by atoms with Crippen LogP contribution < -0.4 is 10.1 Å². The van der Waals surface area contributed by atoms with Crippen molar-refractivity contribution in [2.45, 2.75) is 31.1 Å². The van der Waals surface area contributed by atoms with Crippen LogP contribution in [0, 0.1) is 0 Å². The van der Waals surface area contributed by atoms with Gasteiger partial charge >= 0.3 is 0 Å². The fourth-order valence-corrected chi connectivity index (χ4v) is 2.87. The van der Waals surface area contributed by atoms with Crippen molar-refractivity contribution in [2.24, 2.45) is 0 Å². The van der Waals surface area contributed by atoms with Crippen LogP contribution in [0.2, 0.25) is 0 Å². The minimum Gasteiger partial charge on any atom is -0.497 e. The number of carbonyl (C=O) groups excluding carboxylic acids is 1. The van der Waals surface area contributed by atoms with Crippen LogP contribution in [0.25, 0.3) is 0 Å². The van der Waals surface area contributed by atoms with Crippen molar-refractivity contribution in [1.82, 2.24) is 5.32 Å². The molecule has 0 aromatic heterocycles. The summed E-state index contributed by atoms with van der Waals surface area (Å²) in [5, 5.41) is 11.7. The Hall–Kier alpha value is -1.55. The molecule has 0 saturated heterocycles. The van der Waals surface area contributed by atoms with E-state index in [0.29, 0.717) is 6.54 Å². The van der Waals surface area contributed by atoms with Crippen LogP contribution in [0.3, 0.4) is 0 Å². The van der Waals surface area contributed by atoms with Crippen LogP contribution in [-0.4, -0.2) is 31.3 Å². The lowest BCUT2D eigenvalue weighted by atomic mass is 9.78. The van der Waals surface area contributed by atoms with Gasteiger partial charge in [0, 0.05) is 6.54 Å². The molecule has 104 valence electrons. The number of ether oxygens (including phenoxy) is 1. The number of aliphatic hydroxyl groups is 1. The summed E-state index contributed by atoms with van der Waals surface area (Å²) < 4.78 is 5.16. The molecule has 0 atom stereocenters. The second kappa shape index (κ2) is 6.06. The Labute approximate surface area is 113 Å². The van der Waals surface area contributed by atoms with E-state index in [1.807, 2.05) is 24.3 Å². The lowest BCUT2D eigenvalue weighted by Crippen LogP contribution is -2.43. The minimum absolute atomic E-state index is 0.0234. The lowest BCUT2D eigenvalue weighted by molar-refractivity contribution is -0.126. The second-order valence-corrected chi connectivity index (χ2v) is 5.00. The number of benzene rings is 1. The van der Waals surface area contributed by atoms with Crippen LogP contribution in [0.1, 0.15) is 31.2 Å². The van der Waals surface area contributed by atoms with Crippen LogP contribution in [0.5, 0.6) is 5.75 Å². The number of hydrogen-bond donors (Lipinski definition) is 2. The molecule has 0 spiro atoms. The van der Waals surface area contributed by atoms with E-state index in [9.17, 15) is 4.79 Å². The van der Waals surface area contributed by atoms with E-state index in [0.717, 1.165) is 37.0 Å². The Kier molecular flexibility index (Phi) is 4.43. The summed E-state index contributed by atoms with van der Waals surface area (Å²) in [6.07, 6.45) is 3.88. The van der Waals surface area contributed by atoms with E-state index in [1.54, 1.807) is 7.11 Å². The number of aliphatic hydroxyl groups excluding tert-OH is 1. The number of nitrogens with one attached hydrogen (secondary N) is 1. The van der Waals surface area contributed by atoms with Crippen molar-refractivity contribution in [3.05, 3.63) is 29.8 Å². The van der Waals surface area contributed by atoms with Crippen molar-refractivity contribution in [2.75, 3.05) is 20.3 Å². The number of hydrogen-bond acceptors (Lipinski definition) is 3. The molecule has 4 nitrogen and oxygen atoms in total. The maximum atomic E-state index is 12.4. The summed E-state index contributed by atoms with van der Waals surface area (Å²) >= 11 is 0. The number of carbonyl (C=O) groups is 1. The summed E-state index contributed by atoms with van der Waals surface area (Å²) in [7, 11) is 1.63. The van der Waals surface area contributed by atoms with Crippen molar-refractivity contribution in [3.8, 4) is 5.75 Å². The highest BCUT2D eigenvalue weighted by Crippen LogP contribution is 2.41. The van der Waals surface area contributed by atoms with Crippen LogP contribution in [0.15, 0.2) is 24.3 Å². The molecule has 2 rings (SSSR count). The van der Waals surface area contributed by atoms with Crippen molar-refractivity contribution in [1.29, 1.82) is 0 Å². The summed E-state index contributed by atoms with van der Waals surface area (Å²) in [5.41, 5.74) is 0.614. The Balaban J connectivity index is 2.25. The van der Waals surface area contributed by atoms with Gasteiger partial charge in [0.25, 0.3) is 0 Å². The van der Waals surface area contributed by atoms with Gasteiger partial charge in [-0.25, -0.2) is 0 Å². The number of rotatable bonds is 5. The molecule has 0 bridgehead atoms. The molecule has 4 heteroatoms. The number of methoxy groups -OCH3 is 1. The van der Waals surface area contributed by atoms with E-state index < -0.39 is 5.41 Å². The normalized spacial score (nSPS) is 17.2. The SMILES string of the molecule is COc1ccc(C2(C(=O)NCCO)CCCC2)cc1. The summed E-state index contributed by atoms with van der Waals surface area (Å²) in [6, 6.07) is 7.74. The van der Waals surface area contributed by atoms with Gasteiger partial charge < -0.3 is 15.2 Å². The van der Waals surface area contributed by atoms with E-state index >= 15 is 0 Å². The lowest BCUT2D eigenvalue weighted by Gasteiger charge is -2.28. The average Bonchev–Trinajstić information content (AvgIpc) is 2.95. The Morgan fingerprint density at radius 1 is 1.32 bits per heavy atom. The van der Waals surface area contributed by atoms with E-state index in [4.69, 9.17) is 9.84 Å². The summed E-state index contributed by atoms with van der Waals surface area (Å²) in [6.45, 7) is 0.293. The fourth-order valence-electron chi connectivity index (χ4n) is 2.87. The zero-order valence-corrected chi connectivity index (χ0v) is 11.3.